The Hall–Kier alpha value is -2.11. The van der Waals surface area contributed by atoms with Gasteiger partial charge in [-0.05, 0) is 19.1 Å². The molecule has 6 heteroatoms. The SMILES string of the molecule is COc1ccc(C)cc1CNCc1ccc(OC)c(OC)c1OC.Cl. The molecule has 0 bridgehead atoms. The summed E-state index contributed by atoms with van der Waals surface area (Å²) in [5.41, 5.74) is 3.33. The second-order valence-corrected chi connectivity index (χ2v) is 5.41. The van der Waals surface area contributed by atoms with E-state index in [1.54, 1.807) is 28.4 Å². The maximum Gasteiger partial charge on any atom is 0.203 e. The summed E-state index contributed by atoms with van der Waals surface area (Å²) in [7, 11) is 6.53. The van der Waals surface area contributed by atoms with Crippen molar-refractivity contribution in [3.05, 3.63) is 47.0 Å². The number of benzene rings is 2. The highest BCUT2D eigenvalue weighted by Gasteiger charge is 2.15. The first-order valence-corrected chi connectivity index (χ1v) is 7.76. The van der Waals surface area contributed by atoms with Crippen LogP contribution >= 0.6 is 12.4 Å². The van der Waals surface area contributed by atoms with Gasteiger partial charge in [-0.3, -0.25) is 0 Å². The van der Waals surface area contributed by atoms with Crippen molar-refractivity contribution < 1.29 is 18.9 Å². The van der Waals surface area contributed by atoms with Gasteiger partial charge >= 0.3 is 0 Å². The molecule has 138 valence electrons. The molecule has 0 aliphatic heterocycles. The van der Waals surface area contributed by atoms with Gasteiger partial charge in [-0.2, -0.15) is 0 Å². The quantitative estimate of drug-likeness (QED) is 0.770. The van der Waals surface area contributed by atoms with Crippen molar-refractivity contribution in [1.82, 2.24) is 5.32 Å². The van der Waals surface area contributed by atoms with Gasteiger partial charge in [0, 0.05) is 24.2 Å². The highest BCUT2D eigenvalue weighted by Crippen LogP contribution is 2.39. The lowest BCUT2D eigenvalue weighted by molar-refractivity contribution is 0.321. The van der Waals surface area contributed by atoms with Crippen LogP contribution in [0.25, 0.3) is 0 Å². The maximum atomic E-state index is 5.51. The third kappa shape index (κ3) is 4.94. The molecule has 0 fully saturated rings. The Balaban J connectivity index is 0.00000312. The molecule has 5 nitrogen and oxygen atoms in total. The van der Waals surface area contributed by atoms with Crippen LogP contribution in [0.4, 0.5) is 0 Å². The van der Waals surface area contributed by atoms with Crippen LogP contribution in [0.15, 0.2) is 30.3 Å². The predicted molar refractivity (Wildman–Crippen MR) is 102 cm³/mol. The van der Waals surface area contributed by atoms with Gasteiger partial charge in [0.1, 0.15) is 5.75 Å². The highest BCUT2D eigenvalue weighted by atomic mass is 35.5. The Labute approximate surface area is 155 Å². The van der Waals surface area contributed by atoms with E-state index in [-0.39, 0.29) is 12.4 Å². The summed E-state index contributed by atoms with van der Waals surface area (Å²) < 4.78 is 21.6. The lowest BCUT2D eigenvalue weighted by atomic mass is 10.1. The van der Waals surface area contributed by atoms with E-state index in [1.165, 1.54) is 5.56 Å². The Bertz CT molecular complexity index is 691. The molecule has 0 aliphatic rings. The minimum absolute atomic E-state index is 0. The van der Waals surface area contributed by atoms with Gasteiger partial charge in [-0.15, -0.1) is 12.4 Å². The molecule has 0 saturated carbocycles. The number of aryl methyl sites for hydroxylation is 1. The lowest BCUT2D eigenvalue weighted by Gasteiger charge is -2.16. The van der Waals surface area contributed by atoms with Crippen LogP contribution < -0.4 is 24.3 Å². The van der Waals surface area contributed by atoms with E-state index in [1.807, 2.05) is 24.3 Å². The third-order valence-electron chi connectivity index (χ3n) is 3.85. The third-order valence-corrected chi connectivity index (χ3v) is 3.85. The van der Waals surface area contributed by atoms with Gasteiger partial charge < -0.3 is 24.3 Å². The lowest BCUT2D eigenvalue weighted by Crippen LogP contribution is -2.14. The average molecular weight is 368 g/mol. The largest absolute Gasteiger partial charge is 0.496 e. The molecule has 2 aromatic rings. The molecule has 2 aromatic carbocycles. The predicted octanol–water partition coefficient (Wildman–Crippen LogP) is 3.74. The van der Waals surface area contributed by atoms with Crippen molar-refractivity contribution in [2.24, 2.45) is 0 Å². The topological polar surface area (TPSA) is 49.0 Å². The van der Waals surface area contributed by atoms with Crippen LogP contribution in [0.2, 0.25) is 0 Å². The summed E-state index contributed by atoms with van der Waals surface area (Å²) in [5.74, 6) is 2.82. The summed E-state index contributed by atoms with van der Waals surface area (Å²) in [5, 5.41) is 3.43. The standard InChI is InChI=1S/C19H25NO4.ClH/c1-13-6-8-16(21-2)15(10-13)12-20-11-14-7-9-17(22-3)19(24-5)18(14)23-4;/h6-10,20H,11-12H2,1-5H3;1H. The molecule has 0 unspecified atom stereocenters. The minimum atomic E-state index is 0. The summed E-state index contributed by atoms with van der Waals surface area (Å²) in [6.07, 6.45) is 0. The number of methoxy groups -OCH3 is 4. The van der Waals surface area contributed by atoms with Crippen LogP contribution in [0.1, 0.15) is 16.7 Å². The van der Waals surface area contributed by atoms with E-state index < -0.39 is 0 Å². The summed E-state index contributed by atoms with van der Waals surface area (Å²) in [4.78, 5) is 0. The van der Waals surface area contributed by atoms with Gasteiger partial charge in [0.15, 0.2) is 11.5 Å². The number of hydrogen-bond acceptors (Lipinski definition) is 5. The first-order valence-electron chi connectivity index (χ1n) is 7.76. The van der Waals surface area contributed by atoms with Crippen molar-refractivity contribution in [3.63, 3.8) is 0 Å². The van der Waals surface area contributed by atoms with Crippen molar-refractivity contribution >= 4 is 12.4 Å². The fourth-order valence-electron chi connectivity index (χ4n) is 2.68. The van der Waals surface area contributed by atoms with Crippen LogP contribution in [0, 0.1) is 6.92 Å². The monoisotopic (exact) mass is 367 g/mol. The van der Waals surface area contributed by atoms with Gasteiger partial charge in [0.25, 0.3) is 0 Å². The van der Waals surface area contributed by atoms with E-state index in [9.17, 15) is 0 Å². The van der Waals surface area contributed by atoms with Gasteiger partial charge in [0.2, 0.25) is 5.75 Å². The Morgan fingerprint density at radius 2 is 1.32 bits per heavy atom. The summed E-state index contributed by atoms with van der Waals surface area (Å²) >= 11 is 0. The average Bonchev–Trinajstić information content (AvgIpc) is 2.61. The smallest absolute Gasteiger partial charge is 0.203 e. The molecule has 0 aliphatic carbocycles. The molecule has 1 N–H and O–H groups in total. The van der Waals surface area contributed by atoms with Gasteiger partial charge in [-0.25, -0.2) is 0 Å². The summed E-state index contributed by atoms with van der Waals surface area (Å²) in [6.45, 7) is 3.41. The van der Waals surface area contributed by atoms with E-state index >= 15 is 0 Å². The molecule has 0 atom stereocenters. The van der Waals surface area contributed by atoms with Crippen molar-refractivity contribution in [2.45, 2.75) is 20.0 Å². The van der Waals surface area contributed by atoms with Crippen LogP contribution in [0.3, 0.4) is 0 Å². The molecule has 0 saturated heterocycles. The molecule has 0 amide bonds. The molecule has 2 rings (SSSR count). The molecular weight excluding hydrogens is 342 g/mol. The Morgan fingerprint density at radius 3 is 1.92 bits per heavy atom. The normalized spacial score (nSPS) is 9.96. The first kappa shape index (κ1) is 20.9. The molecule has 0 aromatic heterocycles. The van der Waals surface area contributed by atoms with Crippen molar-refractivity contribution in [2.75, 3.05) is 28.4 Å². The number of ether oxygens (including phenoxy) is 4. The van der Waals surface area contributed by atoms with Gasteiger partial charge in [0.05, 0.1) is 28.4 Å². The number of rotatable bonds is 8. The maximum absolute atomic E-state index is 5.51. The zero-order valence-corrected chi connectivity index (χ0v) is 16.2. The summed E-state index contributed by atoms with van der Waals surface area (Å²) in [6, 6.07) is 10.0. The fraction of sp³-hybridized carbons (Fsp3) is 0.368. The Kier molecular flexibility index (Phi) is 8.38. The number of nitrogens with one attached hydrogen (secondary N) is 1. The second kappa shape index (κ2) is 10.0. The Morgan fingerprint density at radius 1 is 0.720 bits per heavy atom. The van der Waals surface area contributed by atoms with Crippen LogP contribution in [-0.4, -0.2) is 28.4 Å². The number of halogens is 1. The first-order chi connectivity index (χ1) is 11.6. The fourth-order valence-corrected chi connectivity index (χ4v) is 2.68. The van der Waals surface area contributed by atoms with E-state index in [0.717, 1.165) is 16.9 Å². The van der Waals surface area contributed by atoms with E-state index in [0.29, 0.717) is 30.3 Å². The second-order valence-electron chi connectivity index (χ2n) is 5.41. The molecular formula is C19H26ClNO4. The zero-order chi connectivity index (χ0) is 17.5. The van der Waals surface area contributed by atoms with Gasteiger partial charge in [-0.1, -0.05) is 23.8 Å². The minimum Gasteiger partial charge on any atom is -0.496 e. The van der Waals surface area contributed by atoms with Crippen LogP contribution in [-0.2, 0) is 13.1 Å². The molecule has 0 radical (unpaired) electrons. The molecule has 0 heterocycles. The molecule has 25 heavy (non-hydrogen) atoms. The van der Waals surface area contributed by atoms with E-state index in [2.05, 4.69) is 18.3 Å². The molecule has 0 spiro atoms. The van der Waals surface area contributed by atoms with E-state index in [4.69, 9.17) is 18.9 Å². The zero-order valence-electron chi connectivity index (χ0n) is 15.3. The van der Waals surface area contributed by atoms with Crippen molar-refractivity contribution in [1.29, 1.82) is 0 Å². The van der Waals surface area contributed by atoms with Crippen LogP contribution in [0.5, 0.6) is 23.0 Å². The number of hydrogen-bond donors (Lipinski definition) is 1. The highest BCUT2D eigenvalue weighted by molar-refractivity contribution is 5.85. The van der Waals surface area contributed by atoms with Crippen molar-refractivity contribution in [3.8, 4) is 23.0 Å².